The van der Waals surface area contributed by atoms with Crippen LogP contribution in [0.1, 0.15) is 25.0 Å². The average molecular weight is 446 g/mol. The topological polar surface area (TPSA) is 99.1 Å². The third-order valence-electron chi connectivity index (χ3n) is 4.36. The van der Waals surface area contributed by atoms with E-state index in [0.717, 1.165) is 0 Å². The van der Waals surface area contributed by atoms with E-state index >= 15 is 0 Å². The van der Waals surface area contributed by atoms with Crippen LogP contribution in [0.4, 0.5) is 10.1 Å². The number of halogens is 2. The van der Waals surface area contributed by atoms with Crippen LogP contribution >= 0.6 is 11.6 Å². The highest BCUT2D eigenvalue weighted by atomic mass is 35.5. The lowest BCUT2D eigenvalue weighted by Crippen LogP contribution is -2.24. The molecule has 10 heteroatoms. The molecule has 0 aliphatic rings. The number of ether oxygens (including phenoxy) is 2. The zero-order valence-electron chi connectivity index (χ0n) is 17.0. The maximum atomic E-state index is 14.8. The summed E-state index contributed by atoms with van der Waals surface area (Å²) >= 11 is 5.85. The van der Waals surface area contributed by atoms with E-state index in [4.69, 9.17) is 21.1 Å². The zero-order valence-corrected chi connectivity index (χ0v) is 17.8. The van der Waals surface area contributed by atoms with Crippen molar-refractivity contribution in [1.29, 1.82) is 0 Å². The van der Waals surface area contributed by atoms with Crippen LogP contribution in [0.5, 0.6) is 5.88 Å². The summed E-state index contributed by atoms with van der Waals surface area (Å²) < 4.78 is 25.2. The molecule has 0 saturated heterocycles. The number of benzene rings is 1. The van der Waals surface area contributed by atoms with Gasteiger partial charge < -0.3 is 14.8 Å². The first-order valence-corrected chi connectivity index (χ1v) is 9.92. The number of nitrogens with zero attached hydrogens (tertiary/aromatic N) is 4. The molecule has 2 aromatic heterocycles. The highest BCUT2D eigenvalue weighted by molar-refractivity contribution is 6.28. The Labute approximate surface area is 183 Å². The van der Waals surface area contributed by atoms with Crippen LogP contribution in [0.2, 0.25) is 5.28 Å². The third kappa shape index (κ3) is 5.93. The summed E-state index contributed by atoms with van der Waals surface area (Å²) in [6, 6.07) is 5.98. The quantitative estimate of drug-likeness (QED) is 0.499. The Bertz CT molecular complexity index is 1050. The molecule has 1 amide bonds. The van der Waals surface area contributed by atoms with E-state index in [1.807, 2.05) is 6.92 Å². The van der Waals surface area contributed by atoms with Crippen LogP contribution < -0.4 is 10.1 Å². The van der Waals surface area contributed by atoms with Gasteiger partial charge in [-0.3, -0.25) is 9.78 Å². The van der Waals surface area contributed by atoms with Gasteiger partial charge in [-0.15, -0.1) is 0 Å². The lowest BCUT2D eigenvalue weighted by molar-refractivity contribution is -0.118. The predicted octanol–water partition coefficient (Wildman–Crippen LogP) is 3.88. The van der Waals surface area contributed by atoms with E-state index in [1.165, 1.54) is 37.8 Å². The van der Waals surface area contributed by atoms with Crippen molar-refractivity contribution < 1.29 is 18.7 Å². The Kier molecular flexibility index (Phi) is 7.80. The van der Waals surface area contributed by atoms with Gasteiger partial charge in [-0.2, -0.15) is 0 Å². The smallest absolute Gasteiger partial charge is 0.233 e. The summed E-state index contributed by atoms with van der Waals surface area (Å²) in [5.74, 6) is -1.38. The maximum absolute atomic E-state index is 14.8. The van der Waals surface area contributed by atoms with E-state index in [9.17, 15) is 9.18 Å². The van der Waals surface area contributed by atoms with Gasteiger partial charge >= 0.3 is 0 Å². The standard InChI is InChI=1S/C21H21ClFN5O3/c1-3-31-19-12-24-11-18(26-19)13-4-5-17(15(23)10-13)27-20(29)14(7-9-30-2)16-6-8-25-21(22)28-16/h4-6,8,10-12,14H,3,7,9H2,1-2H3,(H,27,29). The van der Waals surface area contributed by atoms with Gasteiger partial charge in [0.15, 0.2) is 0 Å². The molecule has 0 spiro atoms. The van der Waals surface area contributed by atoms with Crippen LogP contribution in [0.3, 0.4) is 0 Å². The number of carbonyl (C=O) groups is 1. The molecule has 1 aromatic carbocycles. The van der Waals surface area contributed by atoms with E-state index in [2.05, 4.69) is 25.3 Å². The molecule has 0 fully saturated rings. The lowest BCUT2D eigenvalue weighted by Gasteiger charge is -2.17. The Morgan fingerprint density at radius 1 is 1.26 bits per heavy atom. The molecule has 0 aliphatic carbocycles. The highest BCUT2D eigenvalue weighted by Crippen LogP contribution is 2.26. The van der Waals surface area contributed by atoms with Gasteiger partial charge in [0, 0.05) is 25.5 Å². The Hall–Kier alpha value is -3.17. The van der Waals surface area contributed by atoms with Gasteiger partial charge in [-0.25, -0.2) is 19.3 Å². The Morgan fingerprint density at radius 3 is 2.81 bits per heavy atom. The van der Waals surface area contributed by atoms with Crippen molar-refractivity contribution in [2.45, 2.75) is 19.3 Å². The molecule has 1 unspecified atom stereocenters. The molecule has 1 N–H and O–H groups in total. The van der Waals surface area contributed by atoms with Crippen molar-refractivity contribution in [2.24, 2.45) is 0 Å². The largest absolute Gasteiger partial charge is 0.477 e. The molecule has 31 heavy (non-hydrogen) atoms. The van der Waals surface area contributed by atoms with Gasteiger partial charge in [0.2, 0.25) is 17.1 Å². The van der Waals surface area contributed by atoms with Crippen molar-refractivity contribution >= 4 is 23.2 Å². The van der Waals surface area contributed by atoms with Crippen LogP contribution in [-0.2, 0) is 9.53 Å². The minimum absolute atomic E-state index is 0.0265. The first kappa shape index (κ1) is 22.5. The van der Waals surface area contributed by atoms with Crippen molar-refractivity contribution in [3.8, 4) is 17.1 Å². The number of aromatic nitrogens is 4. The molecule has 0 radical (unpaired) electrons. The fourth-order valence-corrected chi connectivity index (χ4v) is 3.05. The first-order chi connectivity index (χ1) is 15.0. The fraction of sp³-hybridized carbons (Fsp3) is 0.286. The SMILES string of the molecule is CCOc1cncc(-c2ccc(NC(=O)C(CCOC)c3ccnc(Cl)n3)c(F)c2)n1. The number of carbonyl (C=O) groups excluding carboxylic acids is 1. The average Bonchev–Trinajstić information content (AvgIpc) is 2.76. The van der Waals surface area contributed by atoms with E-state index < -0.39 is 17.6 Å². The molecule has 1 atom stereocenters. The van der Waals surface area contributed by atoms with Crippen LogP contribution in [-0.4, -0.2) is 46.2 Å². The van der Waals surface area contributed by atoms with Gasteiger partial charge in [0.1, 0.15) is 5.82 Å². The summed E-state index contributed by atoms with van der Waals surface area (Å²) in [7, 11) is 1.53. The summed E-state index contributed by atoms with van der Waals surface area (Å²) in [5.41, 5.74) is 1.42. The molecule has 3 rings (SSSR count). The van der Waals surface area contributed by atoms with E-state index in [0.29, 0.717) is 42.5 Å². The Morgan fingerprint density at radius 2 is 2.10 bits per heavy atom. The molecule has 162 valence electrons. The second-order valence-corrected chi connectivity index (χ2v) is 6.78. The number of hydrogen-bond donors (Lipinski definition) is 1. The molecule has 2 heterocycles. The molecule has 3 aromatic rings. The molecular formula is C21H21ClFN5O3. The summed E-state index contributed by atoms with van der Waals surface area (Å²) in [5, 5.41) is 2.64. The number of methoxy groups -OCH3 is 1. The number of amides is 1. The minimum Gasteiger partial charge on any atom is -0.477 e. The van der Waals surface area contributed by atoms with E-state index in [1.54, 1.807) is 12.1 Å². The highest BCUT2D eigenvalue weighted by Gasteiger charge is 2.23. The van der Waals surface area contributed by atoms with Crippen molar-refractivity contribution in [3.05, 3.63) is 59.7 Å². The number of rotatable bonds is 9. The van der Waals surface area contributed by atoms with Gasteiger partial charge in [-0.05, 0) is 43.1 Å². The molecule has 8 nitrogen and oxygen atoms in total. The minimum atomic E-state index is -0.687. The second kappa shape index (κ2) is 10.7. The predicted molar refractivity (Wildman–Crippen MR) is 114 cm³/mol. The van der Waals surface area contributed by atoms with E-state index in [-0.39, 0.29) is 11.0 Å². The molecule has 0 saturated carbocycles. The van der Waals surface area contributed by atoms with Gasteiger partial charge in [0.05, 0.1) is 42.0 Å². The van der Waals surface area contributed by atoms with Crippen molar-refractivity contribution in [1.82, 2.24) is 19.9 Å². The molecular weight excluding hydrogens is 425 g/mol. The van der Waals surface area contributed by atoms with Crippen LogP contribution in [0, 0.1) is 5.82 Å². The lowest BCUT2D eigenvalue weighted by atomic mass is 10.00. The summed E-state index contributed by atoms with van der Waals surface area (Å²) in [4.78, 5) is 29.2. The van der Waals surface area contributed by atoms with Crippen molar-refractivity contribution in [3.63, 3.8) is 0 Å². The number of nitrogens with one attached hydrogen (secondary N) is 1. The molecule has 0 aliphatic heterocycles. The number of anilines is 1. The van der Waals surface area contributed by atoms with Gasteiger partial charge in [0.25, 0.3) is 0 Å². The third-order valence-corrected chi connectivity index (χ3v) is 4.54. The normalized spacial score (nSPS) is 11.7. The Balaban J connectivity index is 1.80. The summed E-state index contributed by atoms with van der Waals surface area (Å²) in [6.07, 6.45) is 4.80. The van der Waals surface area contributed by atoms with Crippen LogP contribution in [0.25, 0.3) is 11.3 Å². The fourth-order valence-electron chi connectivity index (χ4n) is 2.89. The molecule has 0 bridgehead atoms. The zero-order chi connectivity index (χ0) is 22.2. The van der Waals surface area contributed by atoms with Gasteiger partial charge in [-0.1, -0.05) is 6.07 Å². The van der Waals surface area contributed by atoms with Crippen LogP contribution in [0.15, 0.2) is 42.9 Å². The second-order valence-electron chi connectivity index (χ2n) is 6.44. The van der Waals surface area contributed by atoms with Crippen molar-refractivity contribution in [2.75, 3.05) is 25.6 Å². The summed E-state index contributed by atoms with van der Waals surface area (Å²) in [6.45, 7) is 2.59. The number of hydrogen-bond acceptors (Lipinski definition) is 7. The first-order valence-electron chi connectivity index (χ1n) is 9.54. The maximum Gasteiger partial charge on any atom is 0.233 e. The monoisotopic (exact) mass is 445 g/mol.